The summed E-state index contributed by atoms with van der Waals surface area (Å²) in [5.74, 6) is -0.527. The molecule has 3 aromatic rings. The zero-order valence-electron chi connectivity index (χ0n) is 19.1. The van der Waals surface area contributed by atoms with Crippen LogP contribution in [0.4, 0.5) is 5.69 Å². The quantitative estimate of drug-likeness (QED) is 0.419. The molecular formula is C25H28BrN5O2. The minimum atomic E-state index is -0.547. The smallest absolute Gasteiger partial charge is 0.313 e. The Bertz CT molecular complexity index is 1250. The predicted molar refractivity (Wildman–Crippen MR) is 131 cm³/mol. The molecule has 0 unspecified atom stereocenters. The lowest BCUT2D eigenvalue weighted by atomic mass is 9.65. The third-order valence-corrected chi connectivity index (χ3v) is 7.44. The van der Waals surface area contributed by atoms with Crippen LogP contribution >= 0.6 is 15.9 Å². The van der Waals surface area contributed by atoms with Crippen LogP contribution in [0.3, 0.4) is 0 Å². The number of azo groups is 1. The van der Waals surface area contributed by atoms with Gasteiger partial charge in [0, 0.05) is 28.6 Å². The van der Waals surface area contributed by atoms with Crippen LogP contribution in [0, 0.1) is 10.8 Å². The number of rotatable bonds is 4. The summed E-state index contributed by atoms with van der Waals surface area (Å²) in [6, 6.07) is 11.4. The maximum atomic E-state index is 12.4. The van der Waals surface area contributed by atoms with E-state index in [9.17, 15) is 9.90 Å². The summed E-state index contributed by atoms with van der Waals surface area (Å²) < 4.78 is 2.75. The fourth-order valence-corrected chi connectivity index (χ4v) is 6.46. The summed E-state index contributed by atoms with van der Waals surface area (Å²) in [5, 5.41) is 20.0. The molecule has 5 rings (SSSR count). The van der Waals surface area contributed by atoms with Gasteiger partial charge < -0.3 is 5.11 Å². The van der Waals surface area contributed by atoms with Gasteiger partial charge in [-0.15, -0.1) is 10.2 Å². The van der Waals surface area contributed by atoms with E-state index in [1.54, 1.807) is 18.2 Å². The first-order valence-corrected chi connectivity index (χ1v) is 12.1. The van der Waals surface area contributed by atoms with E-state index in [4.69, 9.17) is 0 Å². The summed E-state index contributed by atoms with van der Waals surface area (Å²) in [5.41, 5.74) is 1.99. The topological polar surface area (TPSA) is 83.1 Å². The number of likely N-dealkylation sites (tertiary alicyclic amines) is 1. The molecule has 2 fully saturated rings. The molecule has 1 saturated heterocycles. The molecule has 2 bridgehead atoms. The molecule has 3 heterocycles. The molecule has 2 aliphatic rings. The monoisotopic (exact) mass is 509 g/mol. The molecule has 1 aliphatic carbocycles. The molecule has 1 N–H and O–H groups in total. The lowest BCUT2D eigenvalue weighted by Crippen LogP contribution is -2.35. The van der Waals surface area contributed by atoms with Crippen molar-refractivity contribution in [1.82, 2.24) is 14.5 Å². The van der Waals surface area contributed by atoms with Gasteiger partial charge in [0.25, 0.3) is 0 Å². The van der Waals surface area contributed by atoms with Crippen molar-refractivity contribution in [3.63, 3.8) is 0 Å². The second kappa shape index (κ2) is 8.02. The van der Waals surface area contributed by atoms with E-state index in [0.29, 0.717) is 29.2 Å². The number of aromatic nitrogens is 2. The lowest BCUT2D eigenvalue weighted by molar-refractivity contribution is 0.0990. The number of pyridine rings is 1. The normalized spacial score (nSPS) is 24.7. The fourth-order valence-electron chi connectivity index (χ4n) is 6.10. The molecule has 0 radical (unpaired) electrons. The minimum Gasteiger partial charge on any atom is -0.493 e. The van der Waals surface area contributed by atoms with E-state index < -0.39 is 5.91 Å². The third-order valence-electron chi connectivity index (χ3n) is 6.94. The Morgan fingerprint density at radius 1 is 1.24 bits per heavy atom. The van der Waals surface area contributed by atoms with Crippen molar-refractivity contribution in [2.24, 2.45) is 21.1 Å². The summed E-state index contributed by atoms with van der Waals surface area (Å²) in [6.45, 7) is 8.68. The zero-order valence-corrected chi connectivity index (χ0v) is 20.7. The Morgan fingerprint density at radius 3 is 2.82 bits per heavy atom. The molecular weight excluding hydrogens is 482 g/mol. The molecule has 2 atom stereocenters. The molecule has 7 nitrogen and oxygen atoms in total. The largest absolute Gasteiger partial charge is 0.493 e. The van der Waals surface area contributed by atoms with E-state index in [-0.39, 0.29) is 11.6 Å². The summed E-state index contributed by atoms with van der Waals surface area (Å²) in [7, 11) is 0. The van der Waals surface area contributed by atoms with Crippen molar-refractivity contribution in [3.8, 4) is 5.88 Å². The van der Waals surface area contributed by atoms with E-state index >= 15 is 0 Å². The Balaban J connectivity index is 1.50. The van der Waals surface area contributed by atoms with E-state index in [2.05, 4.69) is 56.8 Å². The van der Waals surface area contributed by atoms with E-state index in [0.717, 1.165) is 28.3 Å². The highest BCUT2D eigenvalue weighted by Crippen LogP contribution is 2.53. The molecule has 1 aliphatic heterocycles. The van der Waals surface area contributed by atoms with Crippen LogP contribution in [0.5, 0.6) is 5.88 Å². The lowest BCUT2D eigenvalue weighted by Gasteiger charge is -2.40. The SMILES string of the molecule is CC1(C)C[C@@H]2C[C@](C)(CN2Cn2c(O)c(N=NC(=O)c3ccccn3)c3cc(Br)ccc32)C1. The second-order valence-electron chi connectivity index (χ2n) is 10.6. The molecule has 2 aromatic heterocycles. The number of fused-ring (bicyclic) bond motifs is 3. The first-order valence-electron chi connectivity index (χ1n) is 11.3. The standard InChI is InChI=1S/C25H28BrN5O2/c1-24(2)11-17-12-25(3,13-24)14-30(17)15-31-20-8-7-16(26)10-18(20)21(23(31)33)28-29-22(32)19-6-4-5-9-27-19/h4-10,17,33H,11-15H2,1-3H3/t17-,25+/m1/s1. The number of hydrogen-bond donors (Lipinski definition) is 1. The number of hydrogen-bond acceptors (Lipinski definition) is 5. The van der Waals surface area contributed by atoms with Gasteiger partial charge in [-0.1, -0.05) is 42.8 Å². The molecule has 172 valence electrons. The number of halogens is 1. The van der Waals surface area contributed by atoms with Crippen molar-refractivity contribution in [3.05, 3.63) is 52.8 Å². The van der Waals surface area contributed by atoms with Gasteiger partial charge in [0.15, 0.2) is 5.69 Å². The average Bonchev–Trinajstić information content (AvgIpc) is 3.15. The zero-order chi connectivity index (χ0) is 23.4. The molecule has 33 heavy (non-hydrogen) atoms. The third kappa shape index (κ3) is 4.22. The van der Waals surface area contributed by atoms with Gasteiger partial charge in [-0.3, -0.25) is 19.2 Å². The fraction of sp³-hybridized carbons (Fsp3) is 0.440. The molecule has 8 heteroatoms. The van der Waals surface area contributed by atoms with Crippen LogP contribution < -0.4 is 0 Å². The highest BCUT2D eigenvalue weighted by atomic mass is 79.9. The Hall–Kier alpha value is -2.58. The molecule has 1 saturated carbocycles. The van der Waals surface area contributed by atoms with Crippen LogP contribution in [0.1, 0.15) is 50.5 Å². The maximum absolute atomic E-state index is 12.4. The van der Waals surface area contributed by atoms with Gasteiger partial charge in [-0.05, 0) is 60.4 Å². The maximum Gasteiger partial charge on any atom is 0.313 e. The van der Waals surface area contributed by atoms with Crippen LogP contribution in [-0.2, 0) is 6.67 Å². The van der Waals surface area contributed by atoms with Crippen molar-refractivity contribution < 1.29 is 9.90 Å². The van der Waals surface area contributed by atoms with Gasteiger partial charge in [0.2, 0.25) is 5.88 Å². The van der Waals surface area contributed by atoms with Crippen molar-refractivity contribution in [1.29, 1.82) is 0 Å². The predicted octanol–water partition coefficient (Wildman–Crippen LogP) is 6.29. The number of carbonyl (C=O) groups excluding carboxylic acids is 1. The molecule has 1 aromatic carbocycles. The van der Waals surface area contributed by atoms with Crippen molar-refractivity contribution >= 4 is 38.4 Å². The highest BCUT2D eigenvalue weighted by Gasteiger charge is 2.49. The van der Waals surface area contributed by atoms with Gasteiger partial charge >= 0.3 is 5.91 Å². The Labute approximate surface area is 201 Å². The van der Waals surface area contributed by atoms with E-state index in [1.165, 1.54) is 19.0 Å². The van der Waals surface area contributed by atoms with Crippen molar-refractivity contribution in [2.45, 2.75) is 52.7 Å². The highest BCUT2D eigenvalue weighted by molar-refractivity contribution is 9.10. The Morgan fingerprint density at radius 2 is 2.06 bits per heavy atom. The second-order valence-corrected chi connectivity index (χ2v) is 11.5. The number of carbonyl (C=O) groups is 1. The van der Waals surface area contributed by atoms with E-state index in [1.807, 2.05) is 22.8 Å². The first-order chi connectivity index (χ1) is 15.6. The van der Waals surface area contributed by atoms with Gasteiger partial charge in [-0.25, -0.2) is 0 Å². The van der Waals surface area contributed by atoms with Crippen LogP contribution in [0.15, 0.2) is 57.3 Å². The average molecular weight is 510 g/mol. The Kier molecular flexibility index (Phi) is 5.40. The number of amides is 1. The van der Waals surface area contributed by atoms with Crippen LogP contribution in [0.2, 0.25) is 0 Å². The number of nitrogens with zero attached hydrogens (tertiary/aromatic N) is 5. The van der Waals surface area contributed by atoms with Crippen LogP contribution in [0.25, 0.3) is 10.9 Å². The summed E-state index contributed by atoms with van der Waals surface area (Å²) >= 11 is 3.51. The van der Waals surface area contributed by atoms with Gasteiger partial charge in [0.1, 0.15) is 5.69 Å². The summed E-state index contributed by atoms with van der Waals surface area (Å²) in [4.78, 5) is 18.9. The first kappa shape index (κ1) is 22.2. The van der Waals surface area contributed by atoms with Crippen molar-refractivity contribution in [2.75, 3.05) is 6.54 Å². The molecule has 1 amide bonds. The minimum absolute atomic E-state index is 0.0199. The van der Waals surface area contributed by atoms with Gasteiger partial charge in [-0.2, -0.15) is 0 Å². The van der Waals surface area contributed by atoms with Crippen LogP contribution in [-0.4, -0.2) is 38.1 Å². The number of benzene rings is 1. The van der Waals surface area contributed by atoms with Gasteiger partial charge in [0.05, 0.1) is 12.2 Å². The number of aromatic hydroxyl groups is 1. The summed E-state index contributed by atoms with van der Waals surface area (Å²) in [6.07, 6.45) is 5.09. The molecule has 0 spiro atoms.